The van der Waals surface area contributed by atoms with Gasteiger partial charge in [-0.1, -0.05) is 30.3 Å². The van der Waals surface area contributed by atoms with Gasteiger partial charge in [-0.05, 0) is 17.7 Å². The molecule has 0 unspecified atom stereocenters. The summed E-state index contributed by atoms with van der Waals surface area (Å²) in [6, 6.07) is 14.4. The lowest BCUT2D eigenvalue weighted by Gasteiger charge is -2.33. The molecule has 2 aromatic heterocycles. The Labute approximate surface area is 140 Å². The third kappa shape index (κ3) is 3.52. The molecule has 0 bridgehead atoms. The van der Waals surface area contributed by atoms with E-state index in [0.717, 1.165) is 44.3 Å². The second-order valence-electron chi connectivity index (χ2n) is 5.95. The highest BCUT2D eigenvalue weighted by molar-refractivity contribution is 5.42. The summed E-state index contributed by atoms with van der Waals surface area (Å²) < 4.78 is 7.54. The van der Waals surface area contributed by atoms with Gasteiger partial charge in [0.2, 0.25) is 0 Å². The molecule has 1 aliphatic heterocycles. The molecule has 1 aliphatic rings. The van der Waals surface area contributed by atoms with E-state index in [1.165, 1.54) is 5.56 Å². The minimum atomic E-state index is 0.154. The second kappa shape index (κ2) is 6.94. The van der Waals surface area contributed by atoms with Gasteiger partial charge in [0, 0.05) is 26.2 Å². The molecule has 1 saturated heterocycles. The van der Waals surface area contributed by atoms with Crippen LogP contribution in [0.5, 0.6) is 0 Å². The Morgan fingerprint density at radius 3 is 3.00 bits per heavy atom. The normalized spacial score (nSPS) is 18.8. The van der Waals surface area contributed by atoms with Crippen molar-refractivity contribution in [3.63, 3.8) is 0 Å². The predicted molar refractivity (Wildman–Crippen MR) is 90.7 cm³/mol. The lowest BCUT2D eigenvalue weighted by molar-refractivity contribution is -0.0240. The van der Waals surface area contributed by atoms with Crippen LogP contribution in [0.3, 0.4) is 0 Å². The molecule has 3 heterocycles. The molecule has 0 radical (unpaired) electrons. The van der Waals surface area contributed by atoms with Crippen molar-refractivity contribution in [2.45, 2.75) is 12.6 Å². The van der Waals surface area contributed by atoms with Gasteiger partial charge in [-0.2, -0.15) is 4.52 Å². The number of ether oxygens (including phenoxy) is 1. The van der Waals surface area contributed by atoms with E-state index in [1.54, 1.807) is 10.8 Å². The smallest absolute Gasteiger partial charge is 0.177 e. The number of anilines is 1. The number of fused-ring (bicyclic) bond motifs is 1. The summed E-state index contributed by atoms with van der Waals surface area (Å²) in [5.41, 5.74) is 2.08. The number of rotatable bonds is 5. The highest BCUT2D eigenvalue weighted by Crippen LogP contribution is 2.11. The van der Waals surface area contributed by atoms with Crippen LogP contribution in [0.2, 0.25) is 0 Å². The van der Waals surface area contributed by atoms with E-state index in [0.29, 0.717) is 0 Å². The van der Waals surface area contributed by atoms with Gasteiger partial charge in [0.25, 0.3) is 0 Å². The third-order valence-electron chi connectivity index (χ3n) is 4.14. The van der Waals surface area contributed by atoms with E-state index in [2.05, 4.69) is 55.8 Å². The lowest BCUT2D eigenvalue weighted by Crippen LogP contribution is -2.44. The van der Waals surface area contributed by atoms with Crippen molar-refractivity contribution in [1.29, 1.82) is 0 Å². The molecular formula is C17H20N6O. The van der Waals surface area contributed by atoms with Crippen molar-refractivity contribution in [1.82, 2.24) is 24.7 Å². The predicted octanol–water partition coefficient (Wildman–Crippen LogP) is 1.44. The molecule has 1 aromatic carbocycles. The van der Waals surface area contributed by atoms with Gasteiger partial charge in [-0.3, -0.25) is 4.90 Å². The largest absolute Gasteiger partial charge is 0.374 e. The summed E-state index contributed by atoms with van der Waals surface area (Å²) in [6.45, 7) is 4.34. The van der Waals surface area contributed by atoms with Crippen molar-refractivity contribution < 1.29 is 4.74 Å². The van der Waals surface area contributed by atoms with Gasteiger partial charge in [0.05, 0.1) is 12.7 Å². The van der Waals surface area contributed by atoms with Crippen LogP contribution in [0.1, 0.15) is 5.56 Å². The molecule has 124 valence electrons. The first-order chi connectivity index (χ1) is 11.9. The summed E-state index contributed by atoms with van der Waals surface area (Å²) in [6.07, 6.45) is 1.75. The van der Waals surface area contributed by atoms with Crippen LogP contribution >= 0.6 is 0 Å². The molecule has 0 amide bonds. The van der Waals surface area contributed by atoms with Crippen LogP contribution in [0.15, 0.2) is 48.8 Å². The number of hydrogen-bond acceptors (Lipinski definition) is 6. The zero-order valence-corrected chi connectivity index (χ0v) is 13.4. The average Bonchev–Trinajstić information content (AvgIpc) is 3.09. The molecule has 0 spiro atoms. The van der Waals surface area contributed by atoms with E-state index in [9.17, 15) is 0 Å². The quantitative estimate of drug-likeness (QED) is 0.766. The summed E-state index contributed by atoms with van der Waals surface area (Å²) in [5.74, 6) is 0.797. The highest BCUT2D eigenvalue weighted by Gasteiger charge is 2.20. The van der Waals surface area contributed by atoms with Gasteiger partial charge in [0.1, 0.15) is 12.1 Å². The molecule has 4 rings (SSSR count). The third-order valence-corrected chi connectivity index (χ3v) is 4.14. The van der Waals surface area contributed by atoms with Crippen molar-refractivity contribution in [3.05, 3.63) is 54.4 Å². The van der Waals surface area contributed by atoms with Crippen molar-refractivity contribution >= 4 is 11.5 Å². The minimum Gasteiger partial charge on any atom is -0.374 e. The molecule has 1 N–H and O–H groups in total. The number of hydrogen-bond donors (Lipinski definition) is 1. The first kappa shape index (κ1) is 15.0. The number of morpholine rings is 1. The van der Waals surface area contributed by atoms with Gasteiger partial charge in [-0.15, -0.1) is 15.3 Å². The summed E-state index contributed by atoms with van der Waals surface area (Å²) in [4.78, 5) is 2.43. The fraction of sp³-hybridized carbons (Fsp3) is 0.353. The first-order valence-corrected chi connectivity index (χ1v) is 8.16. The Bertz CT molecular complexity index is 790. The molecule has 7 heteroatoms. The van der Waals surface area contributed by atoms with Crippen molar-refractivity contribution in [2.24, 2.45) is 0 Å². The zero-order valence-electron chi connectivity index (χ0n) is 13.4. The van der Waals surface area contributed by atoms with Crippen LogP contribution in [0.25, 0.3) is 5.65 Å². The number of aromatic nitrogens is 4. The average molecular weight is 324 g/mol. The molecule has 0 saturated carbocycles. The molecule has 1 fully saturated rings. The Balaban J connectivity index is 1.32. The Morgan fingerprint density at radius 2 is 2.08 bits per heavy atom. The van der Waals surface area contributed by atoms with Crippen LogP contribution in [0.4, 0.5) is 5.82 Å². The minimum absolute atomic E-state index is 0.154. The Morgan fingerprint density at radius 1 is 1.17 bits per heavy atom. The number of nitrogens with zero attached hydrogens (tertiary/aromatic N) is 5. The van der Waals surface area contributed by atoms with E-state index in [1.807, 2.05) is 12.1 Å². The van der Waals surface area contributed by atoms with E-state index in [4.69, 9.17) is 4.74 Å². The van der Waals surface area contributed by atoms with Crippen molar-refractivity contribution in [3.8, 4) is 0 Å². The highest BCUT2D eigenvalue weighted by atomic mass is 16.5. The summed E-state index contributed by atoms with van der Waals surface area (Å²) in [5, 5.41) is 15.5. The molecule has 3 aromatic rings. The molecular weight excluding hydrogens is 304 g/mol. The van der Waals surface area contributed by atoms with Gasteiger partial charge in [-0.25, -0.2) is 0 Å². The maximum Gasteiger partial charge on any atom is 0.177 e. The van der Waals surface area contributed by atoms with E-state index < -0.39 is 0 Å². The SMILES string of the molecule is c1ccc(CN2CCO[C@H](CNc3ccc4nncn4n3)C2)cc1. The molecule has 24 heavy (non-hydrogen) atoms. The summed E-state index contributed by atoms with van der Waals surface area (Å²) >= 11 is 0. The molecule has 7 nitrogen and oxygen atoms in total. The number of nitrogens with one attached hydrogen (secondary N) is 1. The maximum atomic E-state index is 5.88. The fourth-order valence-electron chi connectivity index (χ4n) is 2.93. The maximum absolute atomic E-state index is 5.88. The van der Waals surface area contributed by atoms with E-state index in [-0.39, 0.29) is 6.10 Å². The number of benzene rings is 1. The molecule has 0 aliphatic carbocycles. The first-order valence-electron chi connectivity index (χ1n) is 8.16. The second-order valence-corrected chi connectivity index (χ2v) is 5.95. The zero-order chi connectivity index (χ0) is 16.2. The lowest BCUT2D eigenvalue weighted by atomic mass is 10.2. The van der Waals surface area contributed by atoms with Gasteiger partial charge >= 0.3 is 0 Å². The Hall–Kier alpha value is -2.51. The van der Waals surface area contributed by atoms with Crippen LogP contribution < -0.4 is 5.32 Å². The standard InChI is InChI=1S/C17H20N6O/c1-2-4-14(5-3-1)11-22-8-9-24-15(12-22)10-18-16-6-7-17-20-19-13-23(17)21-16/h1-7,13,15H,8-12H2,(H,18,21)/t15-/m1/s1. The fourth-order valence-corrected chi connectivity index (χ4v) is 2.93. The topological polar surface area (TPSA) is 67.6 Å². The van der Waals surface area contributed by atoms with E-state index >= 15 is 0 Å². The Kier molecular flexibility index (Phi) is 4.35. The summed E-state index contributed by atoms with van der Waals surface area (Å²) in [7, 11) is 0. The van der Waals surface area contributed by atoms with Gasteiger partial charge in [0.15, 0.2) is 5.65 Å². The van der Waals surface area contributed by atoms with Crippen LogP contribution in [0, 0.1) is 0 Å². The van der Waals surface area contributed by atoms with Gasteiger partial charge < -0.3 is 10.1 Å². The monoisotopic (exact) mass is 324 g/mol. The molecule has 1 atom stereocenters. The van der Waals surface area contributed by atoms with Crippen molar-refractivity contribution in [2.75, 3.05) is 31.6 Å². The van der Waals surface area contributed by atoms with Crippen LogP contribution in [-0.2, 0) is 11.3 Å². The van der Waals surface area contributed by atoms with Crippen LogP contribution in [-0.4, -0.2) is 57.1 Å².